The molecule has 1 saturated heterocycles. The van der Waals surface area contributed by atoms with Crippen LogP contribution in [0.4, 0.5) is 8.78 Å². The number of aryl methyl sites for hydroxylation is 3. The van der Waals surface area contributed by atoms with E-state index in [1.54, 1.807) is 19.3 Å². The molecule has 0 spiro atoms. The summed E-state index contributed by atoms with van der Waals surface area (Å²) in [6.45, 7) is 4.97. The maximum atomic E-state index is 13.9. The number of nitrogens with zero attached hydrogens (tertiary/aromatic N) is 2. The van der Waals surface area contributed by atoms with Gasteiger partial charge in [-0.2, -0.15) is 0 Å². The van der Waals surface area contributed by atoms with Crippen LogP contribution in [0, 0.1) is 24.5 Å². The van der Waals surface area contributed by atoms with E-state index in [0.29, 0.717) is 31.1 Å². The van der Waals surface area contributed by atoms with Crippen LogP contribution < -0.4 is 0 Å². The van der Waals surface area contributed by atoms with Gasteiger partial charge in [-0.25, -0.2) is 18.7 Å². The van der Waals surface area contributed by atoms with Crippen LogP contribution in [0.2, 0.25) is 0 Å². The maximum Gasteiger partial charge on any atom is 0.154 e. The van der Waals surface area contributed by atoms with Crippen molar-refractivity contribution in [2.45, 2.75) is 45.8 Å². The van der Waals surface area contributed by atoms with Crippen molar-refractivity contribution in [1.29, 1.82) is 0 Å². The van der Waals surface area contributed by atoms with Crippen LogP contribution >= 0.6 is 0 Å². The van der Waals surface area contributed by atoms with Crippen molar-refractivity contribution >= 4 is 0 Å². The highest BCUT2D eigenvalue weighted by Gasteiger charge is 2.19. The summed E-state index contributed by atoms with van der Waals surface area (Å²) in [5, 5.41) is 0. The Morgan fingerprint density at radius 2 is 1.62 bits per heavy atom. The van der Waals surface area contributed by atoms with Gasteiger partial charge in [0.2, 0.25) is 0 Å². The Hall–Kier alpha value is -1.92. The molecule has 4 nitrogen and oxygen atoms in total. The third-order valence-corrected chi connectivity index (χ3v) is 4.62. The molecule has 0 radical (unpaired) electrons. The second-order valence-corrected chi connectivity index (χ2v) is 6.85. The summed E-state index contributed by atoms with van der Waals surface area (Å²) in [7, 11) is 0. The van der Waals surface area contributed by atoms with E-state index in [2.05, 4.69) is 9.97 Å². The fraction of sp³-hybridized carbons (Fsp3) is 0.500. The highest BCUT2D eigenvalue weighted by Crippen LogP contribution is 2.18. The highest BCUT2D eigenvalue weighted by molar-refractivity contribution is 5.26. The lowest BCUT2D eigenvalue weighted by molar-refractivity contribution is -0.191. The largest absolute Gasteiger partial charge is 0.353 e. The summed E-state index contributed by atoms with van der Waals surface area (Å²) in [5.41, 5.74) is 1.57. The molecule has 3 rings (SSSR count). The minimum atomic E-state index is -0.494. The van der Waals surface area contributed by atoms with Crippen molar-refractivity contribution in [3.8, 4) is 0 Å². The number of benzene rings is 1. The molecule has 1 aliphatic rings. The number of halogens is 2. The zero-order valence-corrected chi connectivity index (χ0v) is 15.2. The maximum absolute atomic E-state index is 13.9. The van der Waals surface area contributed by atoms with Gasteiger partial charge in [0.1, 0.15) is 17.5 Å². The molecular formula is C20H24F2N2O2. The molecule has 0 bridgehead atoms. The van der Waals surface area contributed by atoms with Crippen LogP contribution in [0.1, 0.15) is 35.9 Å². The Morgan fingerprint density at radius 3 is 2.23 bits per heavy atom. The Kier molecular flexibility index (Phi) is 6.27. The van der Waals surface area contributed by atoms with Gasteiger partial charge >= 0.3 is 0 Å². The summed E-state index contributed by atoms with van der Waals surface area (Å²) in [6, 6.07) is 2.72. The van der Waals surface area contributed by atoms with Crippen LogP contribution in [0.25, 0.3) is 0 Å². The monoisotopic (exact) mass is 362 g/mol. The van der Waals surface area contributed by atoms with Gasteiger partial charge in [0.25, 0.3) is 0 Å². The standard InChI is InChI=1S/C20H24F2N2O2/c1-13-7-18(21)17(19(22)8-13)5-3-15-9-23-20(24-10-15)6-4-16-11-25-14(2)26-12-16/h7-10,14,16H,3-6,11-12H2,1-2H3. The van der Waals surface area contributed by atoms with Gasteiger partial charge in [-0.05, 0) is 56.4 Å². The molecule has 2 heterocycles. The lowest BCUT2D eigenvalue weighted by Gasteiger charge is -2.26. The molecule has 1 aromatic heterocycles. The zero-order valence-electron chi connectivity index (χ0n) is 15.2. The van der Waals surface area contributed by atoms with E-state index in [9.17, 15) is 8.78 Å². The van der Waals surface area contributed by atoms with Gasteiger partial charge < -0.3 is 9.47 Å². The van der Waals surface area contributed by atoms with Crippen molar-refractivity contribution in [2.75, 3.05) is 13.2 Å². The molecular weight excluding hydrogens is 338 g/mol. The fourth-order valence-corrected chi connectivity index (χ4v) is 3.02. The van der Waals surface area contributed by atoms with E-state index in [1.807, 2.05) is 6.92 Å². The van der Waals surface area contributed by atoms with Gasteiger partial charge in [-0.1, -0.05) is 0 Å². The Morgan fingerprint density at radius 1 is 1.00 bits per heavy atom. The first-order valence-electron chi connectivity index (χ1n) is 8.99. The third kappa shape index (κ3) is 5.05. The second-order valence-electron chi connectivity index (χ2n) is 6.85. The fourth-order valence-electron chi connectivity index (χ4n) is 3.02. The van der Waals surface area contributed by atoms with E-state index in [0.717, 1.165) is 24.2 Å². The molecule has 0 atom stereocenters. The molecule has 1 fully saturated rings. The minimum absolute atomic E-state index is 0.117. The third-order valence-electron chi connectivity index (χ3n) is 4.62. The average Bonchev–Trinajstić information content (AvgIpc) is 2.61. The Bertz CT molecular complexity index is 706. The SMILES string of the molecule is Cc1cc(F)c(CCc2cnc(CCC3COC(C)OC3)nc2)c(F)c1. The van der Waals surface area contributed by atoms with Crippen LogP contribution in [-0.4, -0.2) is 29.5 Å². The Balaban J connectivity index is 1.50. The number of hydrogen-bond acceptors (Lipinski definition) is 4. The van der Waals surface area contributed by atoms with Crippen molar-refractivity contribution in [3.05, 3.63) is 58.7 Å². The summed E-state index contributed by atoms with van der Waals surface area (Å²) in [5.74, 6) is 0.139. The van der Waals surface area contributed by atoms with Gasteiger partial charge in [0.15, 0.2) is 6.29 Å². The molecule has 0 amide bonds. The molecule has 0 saturated carbocycles. The van der Waals surface area contributed by atoms with E-state index in [-0.39, 0.29) is 18.3 Å². The predicted molar refractivity (Wildman–Crippen MR) is 93.7 cm³/mol. The van der Waals surface area contributed by atoms with Gasteiger partial charge in [-0.15, -0.1) is 0 Å². The molecule has 0 N–H and O–H groups in total. The lowest BCUT2D eigenvalue weighted by atomic mass is 10.0. The van der Waals surface area contributed by atoms with E-state index in [1.165, 1.54) is 12.1 Å². The highest BCUT2D eigenvalue weighted by atomic mass is 19.1. The van der Waals surface area contributed by atoms with Crippen LogP contribution in [-0.2, 0) is 28.7 Å². The lowest BCUT2D eigenvalue weighted by Crippen LogP contribution is -2.30. The summed E-state index contributed by atoms with van der Waals surface area (Å²) in [4.78, 5) is 8.74. The first kappa shape index (κ1) is 18.9. The quantitative estimate of drug-likeness (QED) is 0.784. The van der Waals surface area contributed by atoms with Crippen LogP contribution in [0.15, 0.2) is 24.5 Å². The minimum Gasteiger partial charge on any atom is -0.353 e. The smallest absolute Gasteiger partial charge is 0.154 e. The van der Waals surface area contributed by atoms with E-state index >= 15 is 0 Å². The number of aromatic nitrogens is 2. The second kappa shape index (κ2) is 8.64. The van der Waals surface area contributed by atoms with Crippen LogP contribution in [0.3, 0.4) is 0 Å². The zero-order chi connectivity index (χ0) is 18.5. The van der Waals surface area contributed by atoms with Crippen LogP contribution in [0.5, 0.6) is 0 Å². The summed E-state index contributed by atoms with van der Waals surface area (Å²) in [6.07, 6.45) is 5.81. The molecule has 0 unspecified atom stereocenters. The number of rotatable bonds is 6. The molecule has 2 aromatic rings. The van der Waals surface area contributed by atoms with Gasteiger partial charge in [0.05, 0.1) is 13.2 Å². The van der Waals surface area contributed by atoms with Crippen molar-refractivity contribution in [2.24, 2.45) is 5.92 Å². The van der Waals surface area contributed by atoms with E-state index in [4.69, 9.17) is 9.47 Å². The van der Waals surface area contributed by atoms with Crippen molar-refractivity contribution < 1.29 is 18.3 Å². The molecule has 1 aromatic carbocycles. The molecule has 140 valence electrons. The Labute approximate surface area is 152 Å². The molecule has 26 heavy (non-hydrogen) atoms. The average molecular weight is 362 g/mol. The molecule has 0 aliphatic carbocycles. The molecule has 1 aliphatic heterocycles. The van der Waals surface area contributed by atoms with Crippen molar-refractivity contribution in [1.82, 2.24) is 9.97 Å². The van der Waals surface area contributed by atoms with Gasteiger partial charge in [0, 0.05) is 30.3 Å². The first-order chi connectivity index (χ1) is 12.5. The van der Waals surface area contributed by atoms with Gasteiger partial charge in [-0.3, -0.25) is 0 Å². The van der Waals surface area contributed by atoms with Crippen molar-refractivity contribution in [3.63, 3.8) is 0 Å². The topological polar surface area (TPSA) is 44.2 Å². The predicted octanol–water partition coefficient (Wildman–Crippen LogP) is 3.79. The first-order valence-corrected chi connectivity index (χ1v) is 8.99. The normalized spacial score (nSPS) is 20.3. The van der Waals surface area contributed by atoms with E-state index < -0.39 is 11.6 Å². The summed E-state index contributed by atoms with van der Waals surface area (Å²) >= 11 is 0. The summed E-state index contributed by atoms with van der Waals surface area (Å²) < 4.78 is 38.7. The number of ether oxygens (including phenoxy) is 2. The molecule has 6 heteroatoms. The number of hydrogen-bond donors (Lipinski definition) is 0.